The number of hydrogen-bond donors (Lipinski definition) is 3. The van der Waals surface area contributed by atoms with Crippen molar-refractivity contribution >= 4 is 5.91 Å². The summed E-state index contributed by atoms with van der Waals surface area (Å²) in [6.07, 6.45) is 3.11. The largest absolute Gasteiger partial charge is 0.501 e. The maximum Gasteiger partial charge on any atom is 0.296 e. The standard InChI is InChI=1S/C20H23FN4O3/c1-22-15-13-5-2-12(8-13)10-25-18(15)24-16(17(26)20(25)28)19(27)23-9-11-3-6-14(21)7-4-11/h3-4,6-7,12-13,15,22,26H,2,5,8-10H2,1H3,(H,23,27). The molecule has 1 aromatic heterocycles. The Kier molecular flexibility index (Phi) is 4.89. The molecule has 1 saturated carbocycles. The van der Waals surface area contributed by atoms with Crippen molar-refractivity contribution in [2.45, 2.75) is 38.4 Å². The third kappa shape index (κ3) is 3.28. The number of fused-ring (bicyclic) bond motifs is 3. The molecule has 1 amide bonds. The van der Waals surface area contributed by atoms with Crippen LogP contribution in [0.2, 0.25) is 0 Å². The second kappa shape index (κ2) is 7.35. The van der Waals surface area contributed by atoms with E-state index in [-0.39, 0.29) is 24.1 Å². The first-order valence-electron chi connectivity index (χ1n) is 9.51. The van der Waals surface area contributed by atoms with Crippen molar-refractivity contribution in [3.8, 4) is 5.75 Å². The van der Waals surface area contributed by atoms with Gasteiger partial charge >= 0.3 is 0 Å². The van der Waals surface area contributed by atoms with Gasteiger partial charge in [-0.3, -0.25) is 14.2 Å². The van der Waals surface area contributed by atoms with Crippen molar-refractivity contribution in [2.24, 2.45) is 11.8 Å². The molecule has 148 valence electrons. The highest BCUT2D eigenvalue weighted by Gasteiger charge is 2.38. The van der Waals surface area contributed by atoms with Gasteiger partial charge in [0.15, 0.2) is 5.69 Å². The number of aromatic nitrogens is 2. The minimum absolute atomic E-state index is 0.135. The molecule has 7 nitrogen and oxygen atoms in total. The van der Waals surface area contributed by atoms with Crippen LogP contribution in [0.15, 0.2) is 29.1 Å². The van der Waals surface area contributed by atoms with Crippen LogP contribution in [0.5, 0.6) is 5.75 Å². The molecule has 0 radical (unpaired) electrons. The summed E-state index contributed by atoms with van der Waals surface area (Å²) in [6.45, 7) is 0.652. The summed E-state index contributed by atoms with van der Waals surface area (Å²) >= 11 is 0. The van der Waals surface area contributed by atoms with Gasteiger partial charge in [-0.1, -0.05) is 12.1 Å². The van der Waals surface area contributed by atoms with E-state index in [1.807, 2.05) is 7.05 Å². The van der Waals surface area contributed by atoms with E-state index in [0.717, 1.165) is 19.3 Å². The van der Waals surface area contributed by atoms with Gasteiger partial charge in [-0.15, -0.1) is 0 Å². The van der Waals surface area contributed by atoms with Crippen LogP contribution in [0.4, 0.5) is 4.39 Å². The van der Waals surface area contributed by atoms with E-state index in [4.69, 9.17) is 0 Å². The zero-order chi connectivity index (χ0) is 19.8. The molecule has 1 aliphatic heterocycles. The number of amides is 1. The molecule has 2 bridgehead atoms. The lowest BCUT2D eigenvalue weighted by molar-refractivity contribution is 0.0941. The van der Waals surface area contributed by atoms with Gasteiger partial charge in [0.2, 0.25) is 5.75 Å². The molecule has 3 unspecified atom stereocenters. The first-order valence-corrected chi connectivity index (χ1v) is 9.51. The molecule has 2 heterocycles. The van der Waals surface area contributed by atoms with Crippen LogP contribution >= 0.6 is 0 Å². The molecule has 4 rings (SSSR count). The Morgan fingerprint density at radius 2 is 2.07 bits per heavy atom. The second-order valence-electron chi connectivity index (χ2n) is 7.60. The highest BCUT2D eigenvalue weighted by Crippen LogP contribution is 2.42. The van der Waals surface area contributed by atoms with Crippen molar-refractivity contribution < 1.29 is 14.3 Å². The monoisotopic (exact) mass is 386 g/mol. The average molecular weight is 386 g/mol. The molecule has 8 heteroatoms. The first kappa shape index (κ1) is 18.6. The summed E-state index contributed by atoms with van der Waals surface area (Å²) in [5.41, 5.74) is -0.146. The Bertz CT molecular complexity index is 957. The number of aromatic hydroxyl groups is 1. The van der Waals surface area contributed by atoms with Gasteiger partial charge in [-0.25, -0.2) is 9.37 Å². The first-order chi connectivity index (χ1) is 13.5. The molecule has 3 N–H and O–H groups in total. The predicted octanol–water partition coefficient (Wildman–Crippen LogP) is 1.71. The quantitative estimate of drug-likeness (QED) is 0.743. The zero-order valence-electron chi connectivity index (χ0n) is 15.6. The summed E-state index contributed by atoms with van der Waals surface area (Å²) in [4.78, 5) is 29.8. The topological polar surface area (TPSA) is 96.2 Å². The fourth-order valence-electron chi connectivity index (χ4n) is 4.42. The maximum absolute atomic E-state index is 13.0. The van der Waals surface area contributed by atoms with E-state index in [9.17, 15) is 19.1 Å². The average Bonchev–Trinajstić information content (AvgIpc) is 3.08. The van der Waals surface area contributed by atoms with Crippen LogP contribution in [0.25, 0.3) is 0 Å². The smallest absolute Gasteiger partial charge is 0.296 e. The fourth-order valence-corrected chi connectivity index (χ4v) is 4.42. The van der Waals surface area contributed by atoms with E-state index in [1.54, 1.807) is 12.1 Å². The molecule has 1 fully saturated rings. The fraction of sp³-hybridized carbons (Fsp3) is 0.450. The molecule has 3 atom stereocenters. The number of halogens is 1. The molecule has 28 heavy (non-hydrogen) atoms. The number of hydrogen-bond acceptors (Lipinski definition) is 5. The second-order valence-corrected chi connectivity index (χ2v) is 7.60. The molecule has 1 aliphatic carbocycles. The minimum atomic E-state index is -0.633. The van der Waals surface area contributed by atoms with Crippen molar-refractivity contribution in [1.82, 2.24) is 20.2 Å². The lowest BCUT2D eigenvalue weighted by Gasteiger charge is -2.24. The minimum Gasteiger partial charge on any atom is -0.501 e. The predicted molar refractivity (Wildman–Crippen MR) is 100 cm³/mol. The van der Waals surface area contributed by atoms with Gasteiger partial charge < -0.3 is 15.7 Å². The molecule has 0 spiro atoms. The van der Waals surface area contributed by atoms with Crippen LogP contribution in [0.3, 0.4) is 0 Å². The lowest BCUT2D eigenvalue weighted by atomic mass is 9.97. The Hall–Kier alpha value is -2.74. The number of carbonyl (C=O) groups is 1. The Morgan fingerprint density at radius 1 is 1.32 bits per heavy atom. The maximum atomic E-state index is 13.0. The highest BCUT2D eigenvalue weighted by atomic mass is 19.1. The third-order valence-corrected chi connectivity index (χ3v) is 5.84. The van der Waals surface area contributed by atoms with Gasteiger partial charge in [-0.2, -0.15) is 0 Å². The number of nitrogens with one attached hydrogen (secondary N) is 2. The highest BCUT2D eigenvalue weighted by molar-refractivity contribution is 5.94. The molecular weight excluding hydrogens is 363 g/mol. The SMILES string of the molecule is CNC1c2nc(C(=O)NCc3ccc(F)cc3)c(O)c(=O)n2CC2CCC1C2. The van der Waals surface area contributed by atoms with Crippen molar-refractivity contribution in [1.29, 1.82) is 0 Å². The van der Waals surface area contributed by atoms with Crippen molar-refractivity contribution in [3.05, 3.63) is 57.5 Å². The molecule has 1 aromatic carbocycles. The van der Waals surface area contributed by atoms with Crippen molar-refractivity contribution in [3.63, 3.8) is 0 Å². The number of benzene rings is 1. The van der Waals surface area contributed by atoms with Gasteiger partial charge in [-0.05, 0) is 55.8 Å². The van der Waals surface area contributed by atoms with Gasteiger partial charge in [0, 0.05) is 13.1 Å². The van der Waals surface area contributed by atoms with E-state index in [0.29, 0.717) is 29.8 Å². The Labute approximate surface area is 161 Å². The van der Waals surface area contributed by atoms with Crippen LogP contribution in [-0.2, 0) is 13.1 Å². The number of rotatable bonds is 4. The number of nitrogens with zero attached hydrogens (tertiary/aromatic N) is 2. The third-order valence-electron chi connectivity index (χ3n) is 5.84. The normalized spacial score (nSPS) is 23.1. The molecule has 2 aliphatic rings. The summed E-state index contributed by atoms with van der Waals surface area (Å²) < 4.78 is 14.5. The van der Waals surface area contributed by atoms with E-state index >= 15 is 0 Å². The van der Waals surface area contributed by atoms with Gasteiger partial charge in [0.05, 0.1) is 6.04 Å². The molecular formula is C20H23FN4O3. The van der Waals surface area contributed by atoms with Crippen LogP contribution in [0.1, 0.15) is 47.2 Å². The molecule has 0 saturated heterocycles. The van der Waals surface area contributed by atoms with E-state index in [1.165, 1.54) is 16.7 Å². The Balaban J connectivity index is 1.64. The van der Waals surface area contributed by atoms with Gasteiger partial charge in [0.1, 0.15) is 11.6 Å². The summed E-state index contributed by atoms with van der Waals surface area (Å²) in [6, 6.07) is 5.59. The zero-order valence-corrected chi connectivity index (χ0v) is 15.6. The van der Waals surface area contributed by atoms with Crippen molar-refractivity contribution in [2.75, 3.05) is 7.05 Å². The summed E-state index contributed by atoms with van der Waals surface area (Å²) in [5.74, 6) is -0.376. The van der Waals surface area contributed by atoms with Gasteiger partial charge in [0.25, 0.3) is 11.5 Å². The van der Waals surface area contributed by atoms with Crippen LogP contribution < -0.4 is 16.2 Å². The van der Waals surface area contributed by atoms with Crippen LogP contribution in [-0.4, -0.2) is 27.6 Å². The molecule has 2 aromatic rings. The summed E-state index contributed by atoms with van der Waals surface area (Å²) in [5, 5.41) is 16.2. The lowest BCUT2D eigenvalue weighted by Crippen LogP contribution is -2.36. The van der Waals surface area contributed by atoms with E-state index in [2.05, 4.69) is 15.6 Å². The number of carbonyl (C=O) groups excluding carboxylic acids is 1. The summed E-state index contributed by atoms with van der Waals surface area (Å²) in [7, 11) is 1.82. The van der Waals surface area contributed by atoms with Crippen LogP contribution in [0, 0.1) is 17.7 Å². The Morgan fingerprint density at radius 3 is 2.79 bits per heavy atom. The van der Waals surface area contributed by atoms with E-state index < -0.39 is 17.2 Å².